The van der Waals surface area contributed by atoms with E-state index in [2.05, 4.69) is 0 Å². The summed E-state index contributed by atoms with van der Waals surface area (Å²) in [4.78, 5) is 14.1. The van der Waals surface area contributed by atoms with Gasteiger partial charge in [-0.2, -0.15) is 0 Å². The third-order valence-corrected chi connectivity index (χ3v) is 4.15. The fourth-order valence-electron chi connectivity index (χ4n) is 2.87. The van der Waals surface area contributed by atoms with E-state index in [9.17, 15) is 9.90 Å². The second-order valence-corrected chi connectivity index (χ2v) is 6.25. The molecule has 1 saturated heterocycles. The quantitative estimate of drug-likeness (QED) is 0.922. The molecule has 0 aromatic carbocycles. The molecular weight excluding hydrogens is 264 g/mol. The summed E-state index contributed by atoms with van der Waals surface area (Å²) >= 11 is 6.01. The van der Waals surface area contributed by atoms with E-state index in [0.717, 1.165) is 25.7 Å². The van der Waals surface area contributed by atoms with Gasteiger partial charge in [0.05, 0.1) is 23.7 Å². The summed E-state index contributed by atoms with van der Waals surface area (Å²) in [7, 11) is 0. The first-order valence-corrected chi connectivity index (χ1v) is 7.29. The molecule has 1 aromatic rings. The number of hydrogen-bond acceptors (Lipinski definition) is 2. The normalized spacial score (nSPS) is 21.3. The SMILES string of the molecule is CCCC1(O)CN(C(=O)c2cc(Cl)cn2C2CC2)C1. The van der Waals surface area contributed by atoms with Gasteiger partial charge in [-0.3, -0.25) is 4.79 Å². The van der Waals surface area contributed by atoms with Crippen LogP contribution in [0.4, 0.5) is 0 Å². The lowest BCUT2D eigenvalue weighted by atomic mass is 9.89. The van der Waals surface area contributed by atoms with Crippen molar-refractivity contribution < 1.29 is 9.90 Å². The van der Waals surface area contributed by atoms with Crippen molar-refractivity contribution in [2.45, 2.75) is 44.2 Å². The molecule has 2 heterocycles. The molecule has 19 heavy (non-hydrogen) atoms. The topological polar surface area (TPSA) is 45.5 Å². The fraction of sp³-hybridized carbons (Fsp3) is 0.643. The van der Waals surface area contributed by atoms with Gasteiger partial charge < -0.3 is 14.6 Å². The number of rotatable bonds is 4. The lowest BCUT2D eigenvalue weighted by molar-refractivity contribution is -0.0863. The maximum atomic E-state index is 12.4. The molecule has 2 aliphatic rings. The molecule has 0 unspecified atom stereocenters. The molecule has 0 radical (unpaired) electrons. The van der Waals surface area contributed by atoms with E-state index >= 15 is 0 Å². The Morgan fingerprint density at radius 3 is 2.79 bits per heavy atom. The summed E-state index contributed by atoms with van der Waals surface area (Å²) in [5, 5.41) is 10.8. The summed E-state index contributed by atoms with van der Waals surface area (Å²) in [5.74, 6) is -0.0143. The predicted molar refractivity (Wildman–Crippen MR) is 73.5 cm³/mol. The van der Waals surface area contributed by atoms with Crippen molar-refractivity contribution in [3.8, 4) is 0 Å². The Hall–Kier alpha value is -1.00. The minimum absolute atomic E-state index is 0.0143. The third kappa shape index (κ3) is 2.39. The summed E-state index contributed by atoms with van der Waals surface area (Å²) in [6.45, 7) is 2.92. The zero-order valence-electron chi connectivity index (χ0n) is 11.1. The number of aromatic nitrogens is 1. The molecule has 1 aromatic heterocycles. The molecule has 1 amide bonds. The lowest BCUT2D eigenvalue weighted by Crippen LogP contribution is -2.63. The molecule has 0 atom stereocenters. The van der Waals surface area contributed by atoms with Crippen LogP contribution in [0.1, 0.15) is 49.1 Å². The van der Waals surface area contributed by atoms with E-state index < -0.39 is 5.60 Å². The van der Waals surface area contributed by atoms with Crippen molar-refractivity contribution in [3.63, 3.8) is 0 Å². The molecule has 104 valence electrons. The average molecular weight is 283 g/mol. The fourth-order valence-corrected chi connectivity index (χ4v) is 3.07. The van der Waals surface area contributed by atoms with Crippen LogP contribution in [-0.4, -0.2) is 39.2 Å². The lowest BCUT2D eigenvalue weighted by Gasteiger charge is -2.46. The molecule has 1 aliphatic carbocycles. The minimum Gasteiger partial charge on any atom is -0.386 e. The van der Waals surface area contributed by atoms with Gasteiger partial charge in [-0.05, 0) is 25.3 Å². The maximum absolute atomic E-state index is 12.4. The van der Waals surface area contributed by atoms with Crippen LogP contribution in [0.3, 0.4) is 0 Å². The van der Waals surface area contributed by atoms with E-state index in [4.69, 9.17) is 11.6 Å². The highest BCUT2D eigenvalue weighted by atomic mass is 35.5. The Morgan fingerprint density at radius 2 is 2.21 bits per heavy atom. The van der Waals surface area contributed by atoms with Crippen LogP contribution in [0.15, 0.2) is 12.3 Å². The second-order valence-electron chi connectivity index (χ2n) is 5.82. The highest BCUT2D eigenvalue weighted by Gasteiger charge is 2.44. The van der Waals surface area contributed by atoms with Gasteiger partial charge in [0.1, 0.15) is 5.69 Å². The van der Waals surface area contributed by atoms with Gasteiger partial charge in [-0.1, -0.05) is 24.9 Å². The van der Waals surface area contributed by atoms with Crippen LogP contribution in [0.2, 0.25) is 5.02 Å². The minimum atomic E-state index is -0.675. The summed E-state index contributed by atoms with van der Waals surface area (Å²) in [6, 6.07) is 2.17. The first kappa shape index (κ1) is 13.0. The molecule has 1 aliphatic heterocycles. The van der Waals surface area contributed by atoms with Crippen molar-refractivity contribution in [3.05, 3.63) is 23.0 Å². The van der Waals surface area contributed by atoms with Crippen molar-refractivity contribution in [2.75, 3.05) is 13.1 Å². The molecule has 4 nitrogen and oxygen atoms in total. The highest BCUT2D eigenvalue weighted by molar-refractivity contribution is 6.31. The van der Waals surface area contributed by atoms with Crippen molar-refractivity contribution in [1.29, 1.82) is 0 Å². The Labute approximate surface area is 118 Å². The standard InChI is InChI=1S/C14H19ClN2O2/c1-2-5-14(19)8-16(9-14)13(18)12-6-10(15)7-17(12)11-3-4-11/h6-7,11,19H,2-5,8-9H2,1H3. The number of likely N-dealkylation sites (tertiary alicyclic amines) is 1. The van der Waals surface area contributed by atoms with Crippen molar-refractivity contribution in [1.82, 2.24) is 9.47 Å². The first-order chi connectivity index (χ1) is 9.02. The van der Waals surface area contributed by atoms with E-state index in [-0.39, 0.29) is 5.91 Å². The Bertz CT molecular complexity index is 502. The van der Waals surface area contributed by atoms with Crippen molar-refractivity contribution >= 4 is 17.5 Å². The van der Waals surface area contributed by atoms with Gasteiger partial charge >= 0.3 is 0 Å². The molecule has 5 heteroatoms. The number of amides is 1. The molecule has 1 saturated carbocycles. The summed E-state index contributed by atoms with van der Waals surface area (Å²) in [6.07, 6.45) is 5.75. The monoisotopic (exact) mass is 282 g/mol. The van der Waals surface area contributed by atoms with Crippen LogP contribution in [0.5, 0.6) is 0 Å². The molecule has 0 bridgehead atoms. The number of β-amino-alcohol motifs (C(OH)–C–C–N with tert-alkyl or cyclic N) is 1. The number of aliphatic hydroxyl groups is 1. The average Bonchev–Trinajstić information content (AvgIpc) is 3.09. The van der Waals surface area contributed by atoms with E-state index in [1.165, 1.54) is 0 Å². The van der Waals surface area contributed by atoms with Crippen molar-refractivity contribution in [2.24, 2.45) is 0 Å². The Balaban J connectivity index is 1.72. The van der Waals surface area contributed by atoms with E-state index in [0.29, 0.717) is 29.8 Å². The Kier molecular flexibility index (Phi) is 3.10. The van der Waals surface area contributed by atoms with Crippen LogP contribution in [0.25, 0.3) is 0 Å². The van der Waals surface area contributed by atoms with Gasteiger partial charge in [0.15, 0.2) is 0 Å². The van der Waals surface area contributed by atoms with Crippen LogP contribution < -0.4 is 0 Å². The number of nitrogens with zero attached hydrogens (tertiary/aromatic N) is 2. The van der Waals surface area contributed by atoms with Crippen LogP contribution in [0, 0.1) is 0 Å². The third-order valence-electron chi connectivity index (χ3n) is 3.95. The van der Waals surface area contributed by atoms with Crippen LogP contribution in [-0.2, 0) is 0 Å². The number of carbonyl (C=O) groups is 1. The van der Waals surface area contributed by atoms with E-state index in [1.54, 1.807) is 11.0 Å². The summed E-state index contributed by atoms with van der Waals surface area (Å²) in [5.41, 5.74) is -0.0170. The Morgan fingerprint density at radius 1 is 1.53 bits per heavy atom. The molecule has 2 fully saturated rings. The van der Waals surface area contributed by atoms with Crippen LogP contribution >= 0.6 is 11.6 Å². The largest absolute Gasteiger partial charge is 0.386 e. The molecule has 0 spiro atoms. The first-order valence-electron chi connectivity index (χ1n) is 6.91. The zero-order chi connectivity index (χ0) is 13.6. The second kappa shape index (κ2) is 4.53. The number of hydrogen-bond donors (Lipinski definition) is 1. The van der Waals surface area contributed by atoms with Gasteiger partial charge in [0, 0.05) is 12.2 Å². The summed E-state index contributed by atoms with van der Waals surface area (Å²) < 4.78 is 1.99. The molecule has 3 rings (SSSR count). The predicted octanol–water partition coefficient (Wildman–Crippen LogP) is 2.46. The highest BCUT2D eigenvalue weighted by Crippen LogP contribution is 2.38. The van der Waals surface area contributed by atoms with Gasteiger partial charge in [-0.15, -0.1) is 0 Å². The zero-order valence-corrected chi connectivity index (χ0v) is 11.9. The maximum Gasteiger partial charge on any atom is 0.270 e. The van der Waals surface area contributed by atoms with E-state index in [1.807, 2.05) is 17.7 Å². The van der Waals surface area contributed by atoms with Gasteiger partial charge in [0.2, 0.25) is 0 Å². The van der Waals surface area contributed by atoms with Gasteiger partial charge in [0.25, 0.3) is 5.91 Å². The smallest absolute Gasteiger partial charge is 0.270 e. The number of carbonyl (C=O) groups excluding carboxylic acids is 1. The van der Waals surface area contributed by atoms with Gasteiger partial charge in [-0.25, -0.2) is 0 Å². The number of halogens is 1. The molecular formula is C14H19ClN2O2. The molecule has 1 N–H and O–H groups in total.